The number of rotatable bonds is 7. The molecule has 0 aliphatic rings. The zero-order valence-corrected chi connectivity index (χ0v) is 10.1. The summed E-state index contributed by atoms with van der Waals surface area (Å²) in [5.74, 6) is -0.741. The topological polar surface area (TPSA) is 86.6 Å². The van der Waals surface area contributed by atoms with E-state index in [1.54, 1.807) is 12.1 Å². The van der Waals surface area contributed by atoms with Crippen LogP contribution in [0.2, 0.25) is 0 Å². The highest BCUT2D eigenvalue weighted by Gasteiger charge is 2.03. The number of phenolic OH excluding ortho intramolecular Hbond substituents is 1. The van der Waals surface area contributed by atoms with E-state index in [1.807, 2.05) is 0 Å². The van der Waals surface area contributed by atoms with Gasteiger partial charge in [0.05, 0.1) is 6.42 Å². The number of carboxylic acids is 1. The molecule has 1 aromatic rings. The van der Waals surface area contributed by atoms with Gasteiger partial charge in [0.25, 0.3) is 0 Å². The summed E-state index contributed by atoms with van der Waals surface area (Å²) in [5.41, 5.74) is 0.829. The van der Waals surface area contributed by atoms with Crippen molar-refractivity contribution >= 4 is 11.9 Å². The molecule has 5 nitrogen and oxygen atoms in total. The number of aromatic hydroxyl groups is 1. The molecule has 0 unspecified atom stereocenters. The normalized spacial score (nSPS) is 10.0. The third-order valence-electron chi connectivity index (χ3n) is 2.44. The standard InChI is InChI=1S/C13H17NO4/c15-11-6-4-10(5-7-11)9-12(16)14-8-2-1-3-13(17)18/h4-7,15H,1-3,8-9H2,(H,14,16)(H,17,18). The van der Waals surface area contributed by atoms with E-state index in [0.717, 1.165) is 5.56 Å². The molecule has 3 N–H and O–H groups in total. The Morgan fingerprint density at radius 3 is 2.39 bits per heavy atom. The fourth-order valence-corrected chi connectivity index (χ4v) is 1.49. The molecule has 1 rings (SSSR count). The predicted octanol–water partition coefficient (Wildman–Crippen LogP) is 1.31. The van der Waals surface area contributed by atoms with Crippen LogP contribution in [0.1, 0.15) is 24.8 Å². The number of carbonyl (C=O) groups is 2. The molecule has 0 aliphatic carbocycles. The van der Waals surface area contributed by atoms with Crippen molar-refractivity contribution in [1.29, 1.82) is 0 Å². The van der Waals surface area contributed by atoms with Crippen LogP contribution in [0.5, 0.6) is 5.75 Å². The highest BCUT2D eigenvalue weighted by atomic mass is 16.4. The third kappa shape index (κ3) is 5.89. The monoisotopic (exact) mass is 251 g/mol. The minimum atomic E-state index is -0.814. The Morgan fingerprint density at radius 2 is 1.78 bits per heavy atom. The molecule has 0 bridgehead atoms. The van der Waals surface area contributed by atoms with Crippen molar-refractivity contribution in [2.45, 2.75) is 25.7 Å². The summed E-state index contributed by atoms with van der Waals surface area (Å²) in [6, 6.07) is 6.46. The van der Waals surface area contributed by atoms with Crippen molar-refractivity contribution in [2.24, 2.45) is 0 Å². The Morgan fingerprint density at radius 1 is 1.11 bits per heavy atom. The quantitative estimate of drug-likeness (QED) is 0.638. The summed E-state index contributed by atoms with van der Waals surface area (Å²) in [7, 11) is 0. The number of carboxylic acid groups (broad SMARTS) is 1. The second kappa shape index (κ2) is 7.32. The highest BCUT2D eigenvalue weighted by molar-refractivity contribution is 5.78. The zero-order valence-electron chi connectivity index (χ0n) is 10.1. The summed E-state index contributed by atoms with van der Waals surface area (Å²) >= 11 is 0. The van der Waals surface area contributed by atoms with Crippen LogP contribution in [-0.2, 0) is 16.0 Å². The van der Waals surface area contributed by atoms with Crippen LogP contribution in [0.4, 0.5) is 0 Å². The number of carbonyl (C=O) groups excluding carboxylic acids is 1. The largest absolute Gasteiger partial charge is 0.508 e. The van der Waals surface area contributed by atoms with Crippen molar-refractivity contribution < 1.29 is 19.8 Å². The van der Waals surface area contributed by atoms with E-state index in [-0.39, 0.29) is 24.5 Å². The van der Waals surface area contributed by atoms with Gasteiger partial charge in [-0.05, 0) is 30.5 Å². The maximum Gasteiger partial charge on any atom is 0.303 e. The molecular formula is C13H17NO4. The Labute approximate surface area is 105 Å². The molecule has 0 fully saturated rings. The first-order valence-electron chi connectivity index (χ1n) is 5.84. The van der Waals surface area contributed by atoms with Crippen LogP contribution >= 0.6 is 0 Å². The Bertz CT molecular complexity index is 400. The molecular weight excluding hydrogens is 234 g/mol. The number of benzene rings is 1. The molecule has 0 aliphatic heterocycles. The van der Waals surface area contributed by atoms with Gasteiger partial charge in [-0.25, -0.2) is 0 Å². The molecule has 0 aromatic heterocycles. The number of nitrogens with one attached hydrogen (secondary N) is 1. The fourth-order valence-electron chi connectivity index (χ4n) is 1.49. The van der Waals surface area contributed by atoms with Crippen molar-refractivity contribution in [1.82, 2.24) is 5.32 Å². The number of hydrogen-bond donors (Lipinski definition) is 3. The molecule has 0 heterocycles. The number of unbranched alkanes of at least 4 members (excludes halogenated alkanes) is 1. The molecule has 0 radical (unpaired) electrons. The van der Waals surface area contributed by atoms with Gasteiger partial charge in [0.2, 0.25) is 5.91 Å². The van der Waals surface area contributed by atoms with Gasteiger partial charge in [-0.1, -0.05) is 12.1 Å². The van der Waals surface area contributed by atoms with Crippen LogP contribution in [0.15, 0.2) is 24.3 Å². The molecule has 1 amide bonds. The molecule has 98 valence electrons. The lowest BCUT2D eigenvalue weighted by atomic mass is 10.1. The molecule has 5 heteroatoms. The van der Waals surface area contributed by atoms with E-state index in [1.165, 1.54) is 12.1 Å². The SMILES string of the molecule is O=C(O)CCCCNC(=O)Cc1ccc(O)cc1. The van der Waals surface area contributed by atoms with E-state index in [0.29, 0.717) is 19.4 Å². The lowest BCUT2D eigenvalue weighted by Gasteiger charge is -2.04. The van der Waals surface area contributed by atoms with E-state index in [4.69, 9.17) is 10.2 Å². The minimum absolute atomic E-state index is 0.101. The molecule has 0 saturated heterocycles. The van der Waals surface area contributed by atoms with Gasteiger partial charge in [-0.3, -0.25) is 9.59 Å². The number of hydrogen-bond acceptors (Lipinski definition) is 3. The van der Waals surface area contributed by atoms with Gasteiger partial charge in [-0.15, -0.1) is 0 Å². The van der Waals surface area contributed by atoms with Crippen molar-refractivity contribution in [2.75, 3.05) is 6.54 Å². The van der Waals surface area contributed by atoms with Gasteiger partial charge < -0.3 is 15.5 Å². The van der Waals surface area contributed by atoms with Crippen LogP contribution in [0.3, 0.4) is 0 Å². The Kier molecular flexibility index (Phi) is 5.70. The average molecular weight is 251 g/mol. The molecule has 0 saturated carbocycles. The van der Waals surface area contributed by atoms with Crippen molar-refractivity contribution in [3.8, 4) is 5.75 Å². The maximum atomic E-state index is 11.5. The zero-order chi connectivity index (χ0) is 13.4. The lowest BCUT2D eigenvalue weighted by Crippen LogP contribution is -2.26. The van der Waals surface area contributed by atoms with Gasteiger partial charge in [0, 0.05) is 13.0 Å². The average Bonchev–Trinajstić information content (AvgIpc) is 2.31. The third-order valence-corrected chi connectivity index (χ3v) is 2.44. The summed E-state index contributed by atoms with van der Waals surface area (Å²) in [4.78, 5) is 21.8. The molecule has 0 spiro atoms. The first kappa shape index (κ1) is 14.0. The second-order valence-electron chi connectivity index (χ2n) is 4.04. The van der Waals surface area contributed by atoms with Gasteiger partial charge in [0.1, 0.15) is 5.75 Å². The maximum absolute atomic E-state index is 11.5. The predicted molar refractivity (Wildman–Crippen MR) is 66.3 cm³/mol. The second-order valence-corrected chi connectivity index (χ2v) is 4.04. The van der Waals surface area contributed by atoms with Crippen LogP contribution in [0, 0.1) is 0 Å². The summed E-state index contributed by atoms with van der Waals surface area (Å²) < 4.78 is 0. The van der Waals surface area contributed by atoms with E-state index < -0.39 is 5.97 Å². The number of aliphatic carboxylic acids is 1. The van der Waals surface area contributed by atoms with Crippen LogP contribution in [0.25, 0.3) is 0 Å². The Hall–Kier alpha value is -2.04. The van der Waals surface area contributed by atoms with E-state index in [2.05, 4.69) is 5.32 Å². The molecule has 1 aromatic carbocycles. The first-order valence-corrected chi connectivity index (χ1v) is 5.84. The summed E-state index contributed by atoms with van der Waals surface area (Å²) in [6.45, 7) is 0.490. The van der Waals surface area contributed by atoms with Gasteiger partial charge >= 0.3 is 5.97 Å². The van der Waals surface area contributed by atoms with Crippen LogP contribution < -0.4 is 5.32 Å². The number of phenols is 1. The fraction of sp³-hybridized carbons (Fsp3) is 0.385. The summed E-state index contributed by atoms with van der Waals surface area (Å²) in [5, 5.41) is 20.2. The lowest BCUT2D eigenvalue weighted by molar-refractivity contribution is -0.137. The molecule has 0 atom stereocenters. The smallest absolute Gasteiger partial charge is 0.303 e. The summed E-state index contributed by atoms with van der Waals surface area (Å²) in [6.07, 6.45) is 1.62. The van der Waals surface area contributed by atoms with Crippen molar-refractivity contribution in [3.05, 3.63) is 29.8 Å². The highest BCUT2D eigenvalue weighted by Crippen LogP contribution is 2.09. The van der Waals surface area contributed by atoms with E-state index in [9.17, 15) is 9.59 Å². The van der Waals surface area contributed by atoms with Crippen LogP contribution in [-0.4, -0.2) is 28.6 Å². The minimum Gasteiger partial charge on any atom is -0.508 e. The van der Waals surface area contributed by atoms with E-state index >= 15 is 0 Å². The Balaban J connectivity index is 2.17. The number of amides is 1. The van der Waals surface area contributed by atoms with Gasteiger partial charge in [-0.2, -0.15) is 0 Å². The van der Waals surface area contributed by atoms with Gasteiger partial charge in [0.15, 0.2) is 0 Å². The molecule has 18 heavy (non-hydrogen) atoms. The van der Waals surface area contributed by atoms with Crippen molar-refractivity contribution in [3.63, 3.8) is 0 Å². The first-order chi connectivity index (χ1) is 8.58.